The molecule has 0 aliphatic rings. The van der Waals surface area contributed by atoms with Crippen LogP contribution in [-0.4, -0.2) is 33.7 Å². The Hall–Kier alpha value is -2.67. The molecule has 0 radical (unpaired) electrons. The van der Waals surface area contributed by atoms with Crippen molar-refractivity contribution >= 4 is 34.7 Å². The summed E-state index contributed by atoms with van der Waals surface area (Å²) in [7, 11) is 0. The molecule has 0 spiro atoms. The maximum atomic E-state index is 14.5. The summed E-state index contributed by atoms with van der Waals surface area (Å²) in [6, 6.07) is 7.97. The summed E-state index contributed by atoms with van der Waals surface area (Å²) < 4.78 is 21.0. The largest absolute Gasteiger partial charge is 0.461 e. The zero-order valence-electron chi connectivity index (χ0n) is 14.7. The third-order valence-corrected chi connectivity index (χ3v) is 4.11. The predicted octanol–water partition coefficient (Wildman–Crippen LogP) is 4.16. The van der Waals surface area contributed by atoms with Crippen molar-refractivity contribution in [1.29, 1.82) is 0 Å². The van der Waals surface area contributed by atoms with E-state index in [0.717, 1.165) is 5.56 Å². The van der Waals surface area contributed by atoms with Crippen LogP contribution in [-0.2, 0) is 4.74 Å². The number of carbonyl (C=O) groups is 1. The van der Waals surface area contributed by atoms with E-state index >= 15 is 0 Å². The van der Waals surface area contributed by atoms with Crippen molar-refractivity contribution < 1.29 is 13.9 Å². The molecule has 2 aromatic heterocycles. The van der Waals surface area contributed by atoms with Crippen molar-refractivity contribution in [3.05, 3.63) is 52.6 Å². The highest BCUT2D eigenvalue weighted by Gasteiger charge is 2.21. The van der Waals surface area contributed by atoms with Gasteiger partial charge >= 0.3 is 5.97 Å². The van der Waals surface area contributed by atoms with E-state index in [-0.39, 0.29) is 23.3 Å². The molecule has 0 saturated carbocycles. The number of aryl methyl sites for hydroxylation is 1. The van der Waals surface area contributed by atoms with Gasteiger partial charge in [-0.25, -0.2) is 14.2 Å². The van der Waals surface area contributed by atoms with Crippen LogP contribution in [0.15, 0.2) is 30.3 Å². The minimum absolute atomic E-state index is 0.115. The van der Waals surface area contributed by atoms with Crippen molar-refractivity contribution in [1.82, 2.24) is 14.6 Å². The van der Waals surface area contributed by atoms with Gasteiger partial charge in [-0.3, -0.25) is 0 Å². The fourth-order valence-corrected chi connectivity index (χ4v) is 3.01. The lowest BCUT2D eigenvalue weighted by Crippen LogP contribution is -2.22. The van der Waals surface area contributed by atoms with Gasteiger partial charge in [-0.1, -0.05) is 23.7 Å². The number of aromatic nitrogens is 3. The molecule has 26 heavy (non-hydrogen) atoms. The highest BCUT2D eigenvalue weighted by molar-refractivity contribution is 6.29. The molecule has 3 rings (SSSR count). The second-order valence-corrected chi connectivity index (χ2v) is 5.99. The number of carbonyl (C=O) groups excluding carboxylic acids is 1. The summed E-state index contributed by atoms with van der Waals surface area (Å²) in [5, 5.41) is 4.50. The topological polar surface area (TPSA) is 59.7 Å². The van der Waals surface area contributed by atoms with Crippen LogP contribution in [0.4, 0.5) is 15.9 Å². The zero-order chi connectivity index (χ0) is 18.8. The molecule has 0 unspecified atom stereocenters. The molecule has 136 valence electrons. The minimum atomic E-state index is -0.551. The molecule has 3 aromatic rings. The van der Waals surface area contributed by atoms with Gasteiger partial charge in [0.15, 0.2) is 11.3 Å². The third kappa shape index (κ3) is 3.22. The van der Waals surface area contributed by atoms with E-state index < -0.39 is 5.97 Å². The van der Waals surface area contributed by atoms with Crippen LogP contribution in [0.25, 0.3) is 5.65 Å². The molecule has 8 heteroatoms. The molecule has 2 heterocycles. The molecule has 0 atom stereocenters. The Morgan fingerprint density at radius 3 is 2.77 bits per heavy atom. The second-order valence-electron chi connectivity index (χ2n) is 5.61. The number of esters is 1. The molecule has 6 nitrogen and oxygen atoms in total. The van der Waals surface area contributed by atoms with Crippen LogP contribution < -0.4 is 4.90 Å². The molecular formula is C18H18ClFN4O2. The number of nitrogens with zero attached hydrogens (tertiary/aromatic N) is 4. The van der Waals surface area contributed by atoms with Gasteiger partial charge in [0, 0.05) is 18.7 Å². The monoisotopic (exact) mass is 376 g/mol. The van der Waals surface area contributed by atoms with Crippen molar-refractivity contribution in [2.75, 3.05) is 18.1 Å². The van der Waals surface area contributed by atoms with E-state index in [9.17, 15) is 9.18 Å². The first-order chi connectivity index (χ1) is 12.5. The minimum Gasteiger partial charge on any atom is -0.461 e. The maximum Gasteiger partial charge on any atom is 0.358 e. The first-order valence-corrected chi connectivity index (χ1v) is 8.60. The third-order valence-electron chi connectivity index (χ3n) is 3.91. The van der Waals surface area contributed by atoms with Crippen molar-refractivity contribution in [3.63, 3.8) is 0 Å². The summed E-state index contributed by atoms with van der Waals surface area (Å²) in [4.78, 5) is 17.9. The van der Waals surface area contributed by atoms with E-state index in [4.69, 9.17) is 16.3 Å². The van der Waals surface area contributed by atoms with E-state index in [1.165, 1.54) is 16.6 Å². The lowest BCUT2D eigenvalue weighted by atomic mass is 10.1. The lowest BCUT2D eigenvalue weighted by molar-refractivity contribution is 0.0519. The number of rotatable bonds is 5. The summed E-state index contributed by atoms with van der Waals surface area (Å²) in [6.07, 6.45) is 0. The van der Waals surface area contributed by atoms with Gasteiger partial charge in [-0.2, -0.15) is 9.61 Å². The van der Waals surface area contributed by atoms with Crippen LogP contribution in [0.5, 0.6) is 0 Å². The number of ether oxygens (including phenoxy) is 1. The standard InChI is InChI=1S/C18H18ClFN4O2/c1-4-23(17-11(3)7-6-8-12(17)20)16-10-14(19)21-15-9-13(22-24(15)16)18(25)26-5-2/h6-10H,4-5H2,1-3H3. The van der Waals surface area contributed by atoms with Crippen LogP contribution in [0, 0.1) is 12.7 Å². The molecule has 1 aromatic carbocycles. The quantitative estimate of drug-likeness (QED) is 0.494. The number of halogens is 2. The van der Waals surface area contributed by atoms with Crippen LogP contribution in [0.2, 0.25) is 5.15 Å². The number of para-hydroxylation sites is 1. The highest BCUT2D eigenvalue weighted by atomic mass is 35.5. The summed E-state index contributed by atoms with van der Waals surface area (Å²) in [6.45, 7) is 6.14. The van der Waals surface area contributed by atoms with Crippen molar-refractivity contribution in [2.24, 2.45) is 0 Å². The van der Waals surface area contributed by atoms with Crippen molar-refractivity contribution in [2.45, 2.75) is 20.8 Å². The average Bonchev–Trinajstić information content (AvgIpc) is 3.02. The van der Waals surface area contributed by atoms with Crippen LogP contribution in [0.1, 0.15) is 29.9 Å². The SMILES string of the molecule is CCOC(=O)c1cc2nc(Cl)cc(N(CC)c3c(C)cccc3F)n2n1. The van der Waals surface area contributed by atoms with E-state index in [0.29, 0.717) is 23.7 Å². The molecular weight excluding hydrogens is 359 g/mol. The number of anilines is 2. The molecule has 0 aliphatic heterocycles. The molecule has 0 fully saturated rings. The number of fused-ring (bicyclic) bond motifs is 1. The van der Waals surface area contributed by atoms with Gasteiger partial charge in [0.05, 0.1) is 12.3 Å². The van der Waals surface area contributed by atoms with Gasteiger partial charge < -0.3 is 9.64 Å². The van der Waals surface area contributed by atoms with Crippen LogP contribution >= 0.6 is 11.6 Å². The fraction of sp³-hybridized carbons (Fsp3) is 0.278. The summed E-state index contributed by atoms with van der Waals surface area (Å²) in [5.74, 6) is -0.401. The summed E-state index contributed by atoms with van der Waals surface area (Å²) in [5.41, 5.74) is 1.68. The molecule has 0 bridgehead atoms. The maximum absolute atomic E-state index is 14.5. The highest BCUT2D eigenvalue weighted by Crippen LogP contribution is 2.32. The number of hydrogen-bond donors (Lipinski definition) is 0. The Balaban J connectivity index is 2.20. The Kier molecular flexibility index (Phi) is 5.08. The normalized spacial score (nSPS) is 11.0. The average molecular weight is 377 g/mol. The molecule has 0 aliphatic carbocycles. The van der Waals surface area contributed by atoms with Gasteiger partial charge in [-0.15, -0.1) is 0 Å². The van der Waals surface area contributed by atoms with E-state index in [1.54, 1.807) is 24.0 Å². The van der Waals surface area contributed by atoms with Gasteiger partial charge in [0.2, 0.25) is 0 Å². The Bertz CT molecular complexity index is 953. The van der Waals surface area contributed by atoms with Crippen LogP contribution in [0.3, 0.4) is 0 Å². The first kappa shape index (κ1) is 18.1. The summed E-state index contributed by atoms with van der Waals surface area (Å²) >= 11 is 6.15. The van der Waals surface area contributed by atoms with E-state index in [1.807, 2.05) is 19.9 Å². The fourth-order valence-electron chi connectivity index (χ4n) is 2.83. The number of hydrogen-bond acceptors (Lipinski definition) is 5. The second kappa shape index (κ2) is 7.29. The molecule has 0 saturated heterocycles. The molecule has 0 N–H and O–H groups in total. The van der Waals surface area contributed by atoms with Gasteiger partial charge in [-0.05, 0) is 32.4 Å². The Labute approximate surface area is 155 Å². The zero-order valence-corrected chi connectivity index (χ0v) is 15.4. The predicted molar refractivity (Wildman–Crippen MR) is 97.8 cm³/mol. The van der Waals surface area contributed by atoms with E-state index in [2.05, 4.69) is 10.1 Å². The Morgan fingerprint density at radius 2 is 2.12 bits per heavy atom. The van der Waals surface area contributed by atoms with Crippen molar-refractivity contribution in [3.8, 4) is 0 Å². The first-order valence-electron chi connectivity index (χ1n) is 8.22. The Morgan fingerprint density at radius 1 is 1.35 bits per heavy atom. The molecule has 0 amide bonds. The smallest absolute Gasteiger partial charge is 0.358 e. The lowest BCUT2D eigenvalue weighted by Gasteiger charge is -2.25. The van der Waals surface area contributed by atoms with Gasteiger partial charge in [0.1, 0.15) is 16.8 Å². The number of benzene rings is 1. The van der Waals surface area contributed by atoms with Gasteiger partial charge in [0.25, 0.3) is 0 Å².